The van der Waals surface area contributed by atoms with Gasteiger partial charge in [-0.1, -0.05) is 18.6 Å². The second-order valence-electron chi connectivity index (χ2n) is 4.45. The Balaban J connectivity index is 2.12. The molecule has 1 aliphatic rings. The minimum Gasteiger partial charge on any atom is -0.495 e. The third kappa shape index (κ3) is 2.13. The zero-order valence-corrected chi connectivity index (χ0v) is 9.90. The van der Waals surface area contributed by atoms with Gasteiger partial charge in [0.15, 0.2) is 0 Å². The summed E-state index contributed by atoms with van der Waals surface area (Å²) in [6, 6.07) is 7.27. The molecule has 4 heteroatoms. The lowest BCUT2D eigenvalue weighted by Gasteiger charge is -2.38. The molecule has 0 saturated heterocycles. The lowest BCUT2D eigenvalue weighted by atomic mass is 9.68. The number of benzene rings is 1. The molecule has 0 atom stereocenters. The third-order valence-corrected chi connectivity index (χ3v) is 3.45. The van der Waals surface area contributed by atoms with Gasteiger partial charge in [0, 0.05) is 0 Å². The fraction of sp³-hybridized carbons (Fsp3) is 0.462. The van der Waals surface area contributed by atoms with E-state index in [0.29, 0.717) is 11.4 Å². The van der Waals surface area contributed by atoms with Crippen molar-refractivity contribution in [3.05, 3.63) is 24.3 Å². The van der Waals surface area contributed by atoms with Gasteiger partial charge in [-0.2, -0.15) is 0 Å². The summed E-state index contributed by atoms with van der Waals surface area (Å²) in [5.41, 5.74) is 0.0700. The van der Waals surface area contributed by atoms with Gasteiger partial charge < -0.3 is 15.2 Å². The van der Waals surface area contributed by atoms with Crippen LogP contribution in [0.3, 0.4) is 0 Å². The smallest absolute Gasteiger partial charge is 0.233 e. The second kappa shape index (κ2) is 4.75. The van der Waals surface area contributed by atoms with E-state index < -0.39 is 5.41 Å². The van der Waals surface area contributed by atoms with Crippen molar-refractivity contribution in [1.29, 1.82) is 0 Å². The van der Waals surface area contributed by atoms with Gasteiger partial charge in [0.25, 0.3) is 0 Å². The molecule has 0 heterocycles. The largest absolute Gasteiger partial charge is 0.495 e. The number of carbonyl (C=O) groups is 1. The Bertz CT molecular complexity index is 407. The molecule has 1 fully saturated rings. The Hall–Kier alpha value is -1.55. The normalized spacial score (nSPS) is 17.1. The van der Waals surface area contributed by atoms with Crippen molar-refractivity contribution in [3.63, 3.8) is 0 Å². The number of aliphatic hydroxyl groups excluding tert-OH is 1. The van der Waals surface area contributed by atoms with E-state index in [2.05, 4.69) is 5.32 Å². The molecule has 0 spiro atoms. The van der Waals surface area contributed by atoms with Crippen LogP contribution >= 0.6 is 0 Å². The summed E-state index contributed by atoms with van der Waals surface area (Å²) >= 11 is 0. The molecule has 17 heavy (non-hydrogen) atoms. The first-order chi connectivity index (χ1) is 8.22. The van der Waals surface area contributed by atoms with Gasteiger partial charge in [-0.05, 0) is 25.0 Å². The number of hydrogen-bond donors (Lipinski definition) is 2. The highest BCUT2D eigenvalue weighted by Gasteiger charge is 2.43. The summed E-state index contributed by atoms with van der Waals surface area (Å²) in [7, 11) is 1.57. The van der Waals surface area contributed by atoms with Crippen molar-refractivity contribution < 1.29 is 14.6 Å². The number of anilines is 1. The SMILES string of the molecule is COc1ccccc1NC(=O)C1(CO)CCC1. The Labute approximate surface area is 101 Å². The summed E-state index contributed by atoms with van der Waals surface area (Å²) in [5, 5.41) is 12.2. The molecular formula is C13H17NO3. The molecule has 2 N–H and O–H groups in total. The van der Waals surface area contributed by atoms with Crippen LogP contribution in [0.25, 0.3) is 0 Å². The predicted octanol–water partition coefficient (Wildman–Crippen LogP) is 1.80. The van der Waals surface area contributed by atoms with Crippen molar-refractivity contribution in [2.24, 2.45) is 5.41 Å². The van der Waals surface area contributed by atoms with Crippen LogP contribution in [0.5, 0.6) is 5.75 Å². The van der Waals surface area contributed by atoms with Crippen LogP contribution in [0.15, 0.2) is 24.3 Å². The van der Waals surface area contributed by atoms with E-state index in [1.165, 1.54) is 0 Å². The summed E-state index contributed by atoms with van der Waals surface area (Å²) in [6.45, 7) is -0.0893. The van der Waals surface area contributed by atoms with Crippen LogP contribution in [0.2, 0.25) is 0 Å². The van der Waals surface area contributed by atoms with Gasteiger partial charge in [0.2, 0.25) is 5.91 Å². The fourth-order valence-electron chi connectivity index (χ4n) is 2.06. The van der Waals surface area contributed by atoms with Gasteiger partial charge in [-0.15, -0.1) is 0 Å². The number of ether oxygens (including phenoxy) is 1. The molecular weight excluding hydrogens is 218 g/mol. The zero-order chi connectivity index (χ0) is 12.3. The number of aliphatic hydroxyl groups is 1. The fourth-order valence-corrected chi connectivity index (χ4v) is 2.06. The molecule has 0 unspecified atom stereocenters. The molecule has 1 saturated carbocycles. The van der Waals surface area contributed by atoms with E-state index >= 15 is 0 Å². The average Bonchev–Trinajstić information content (AvgIpc) is 2.29. The molecule has 0 aliphatic heterocycles. The first-order valence-electron chi connectivity index (χ1n) is 5.77. The molecule has 0 bridgehead atoms. The second-order valence-corrected chi connectivity index (χ2v) is 4.45. The number of para-hydroxylation sites is 2. The van der Waals surface area contributed by atoms with Crippen LogP contribution in [0, 0.1) is 5.41 Å². The summed E-state index contributed by atoms with van der Waals surface area (Å²) < 4.78 is 5.17. The number of carbonyl (C=O) groups excluding carboxylic acids is 1. The number of hydrogen-bond acceptors (Lipinski definition) is 3. The van der Waals surface area contributed by atoms with Crippen LogP contribution in [-0.2, 0) is 4.79 Å². The van der Waals surface area contributed by atoms with Crippen molar-refractivity contribution >= 4 is 11.6 Å². The number of rotatable bonds is 4. The molecule has 0 aromatic heterocycles. The topological polar surface area (TPSA) is 58.6 Å². The Kier molecular flexibility index (Phi) is 3.33. The van der Waals surface area contributed by atoms with E-state index in [1.54, 1.807) is 19.2 Å². The van der Waals surface area contributed by atoms with Gasteiger partial charge in [0.05, 0.1) is 24.8 Å². The molecule has 1 aliphatic carbocycles. The first-order valence-corrected chi connectivity index (χ1v) is 5.77. The summed E-state index contributed by atoms with van der Waals surface area (Å²) in [4.78, 5) is 12.1. The van der Waals surface area contributed by atoms with Gasteiger partial charge >= 0.3 is 0 Å². The highest BCUT2D eigenvalue weighted by molar-refractivity contribution is 5.97. The maximum atomic E-state index is 12.1. The van der Waals surface area contributed by atoms with Crippen LogP contribution in [0.1, 0.15) is 19.3 Å². The van der Waals surface area contributed by atoms with E-state index in [0.717, 1.165) is 19.3 Å². The first kappa shape index (κ1) is 11.9. The highest BCUT2D eigenvalue weighted by atomic mass is 16.5. The third-order valence-electron chi connectivity index (χ3n) is 3.45. The monoisotopic (exact) mass is 235 g/mol. The van der Waals surface area contributed by atoms with Gasteiger partial charge in [-0.3, -0.25) is 4.79 Å². The van der Waals surface area contributed by atoms with Crippen molar-refractivity contribution in [3.8, 4) is 5.75 Å². The average molecular weight is 235 g/mol. The Morgan fingerprint density at radius 1 is 1.47 bits per heavy atom. The standard InChI is InChI=1S/C13H17NO3/c1-17-11-6-3-2-5-10(11)14-12(16)13(9-15)7-4-8-13/h2-3,5-6,15H,4,7-9H2,1H3,(H,14,16). The minimum absolute atomic E-state index is 0.0893. The van der Waals surface area contributed by atoms with Crippen LogP contribution in [0.4, 0.5) is 5.69 Å². The van der Waals surface area contributed by atoms with E-state index in [1.807, 2.05) is 12.1 Å². The predicted molar refractivity (Wildman–Crippen MR) is 65.0 cm³/mol. The minimum atomic E-state index is -0.582. The molecule has 4 nitrogen and oxygen atoms in total. The Morgan fingerprint density at radius 2 is 2.18 bits per heavy atom. The summed E-state index contributed by atoms with van der Waals surface area (Å²) in [5.74, 6) is 0.518. The number of nitrogens with one attached hydrogen (secondary N) is 1. The van der Waals surface area contributed by atoms with Crippen molar-refractivity contribution in [2.45, 2.75) is 19.3 Å². The van der Waals surface area contributed by atoms with Gasteiger partial charge in [-0.25, -0.2) is 0 Å². The summed E-state index contributed by atoms with van der Waals surface area (Å²) in [6.07, 6.45) is 2.51. The number of amides is 1. The Morgan fingerprint density at radius 3 is 2.71 bits per heavy atom. The lowest BCUT2D eigenvalue weighted by molar-refractivity contribution is -0.133. The molecule has 2 rings (SSSR count). The van der Waals surface area contributed by atoms with E-state index in [4.69, 9.17) is 4.74 Å². The molecule has 92 valence electrons. The zero-order valence-electron chi connectivity index (χ0n) is 9.90. The van der Waals surface area contributed by atoms with Crippen molar-refractivity contribution in [1.82, 2.24) is 0 Å². The highest BCUT2D eigenvalue weighted by Crippen LogP contribution is 2.41. The van der Waals surface area contributed by atoms with E-state index in [-0.39, 0.29) is 12.5 Å². The maximum Gasteiger partial charge on any atom is 0.233 e. The van der Waals surface area contributed by atoms with Crippen LogP contribution in [-0.4, -0.2) is 24.7 Å². The van der Waals surface area contributed by atoms with Crippen LogP contribution < -0.4 is 10.1 Å². The molecule has 1 aromatic rings. The number of methoxy groups -OCH3 is 1. The molecule has 0 radical (unpaired) electrons. The quantitative estimate of drug-likeness (QED) is 0.836. The van der Waals surface area contributed by atoms with Gasteiger partial charge in [0.1, 0.15) is 5.75 Å². The molecule has 1 amide bonds. The lowest BCUT2D eigenvalue weighted by Crippen LogP contribution is -2.44. The maximum absolute atomic E-state index is 12.1. The molecule has 1 aromatic carbocycles. The van der Waals surface area contributed by atoms with E-state index in [9.17, 15) is 9.90 Å². The van der Waals surface area contributed by atoms with Crippen molar-refractivity contribution in [2.75, 3.05) is 19.0 Å².